The Hall–Kier alpha value is -1.03. The van der Waals surface area contributed by atoms with Crippen molar-refractivity contribution in [3.63, 3.8) is 0 Å². The highest BCUT2D eigenvalue weighted by Crippen LogP contribution is 2.26. The summed E-state index contributed by atoms with van der Waals surface area (Å²) in [5.41, 5.74) is 2.36. The number of para-hydroxylation sites is 1. The van der Waals surface area contributed by atoms with Crippen molar-refractivity contribution in [2.45, 2.75) is 39.2 Å². The zero-order valence-electron chi connectivity index (χ0n) is 13.4. The summed E-state index contributed by atoms with van der Waals surface area (Å²) >= 11 is 0. The number of aryl methyl sites for hydroxylation is 1. The van der Waals surface area contributed by atoms with Crippen LogP contribution >= 0.6 is 12.4 Å². The van der Waals surface area contributed by atoms with Gasteiger partial charge in [0.25, 0.3) is 0 Å². The number of hydrogen-bond donors (Lipinski definition) is 1. The number of nitrogens with zero attached hydrogens (tertiary/aromatic N) is 1. The molecule has 2 heterocycles. The Morgan fingerprint density at radius 1 is 1.18 bits per heavy atom. The molecule has 3 rings (SSSR count). The molecule has 1 aromatic heterocycles. The van der Waals surface area contributed by atoms with Gasteiger partial charge >= 0.3 is 0 Å². The quantitative estimate of drug-likeness (QED) is 0.781. The molecule has 1 N–H and O–H groups in total. The highest BCUT2D eigenvalue weighted by atomic mass is 35.5. The van der Waals surface area contributed by atoms with E-state index in [2.05, 4.69) is 35.3 Å². The van der Waals surface area contributed by atoms with E-state index in [0.717, 1.165) is 30.9 Å². The predicted molar refractivity (Wildman–Crippen MR) is 94.8 cm³/mol. The topological polar surface area (TPSA) is 28.4 Å². The number of furan rings is 1. The van der Waals surface area contributed by atoms with Crippen molar-refractivity contribution in [1.29, 1.82) is 0 Å². The Bertz CT molecular complexity index is 575. The third kappa shape index (κ3) is 4.03. The molecule has 2 aromatic rings. The first kappa shape index (κ1) is 17.3. The van der Waals surface area contributed by atoms with Gasteiger partial charge in [0.05, 0.1) is 0 Å². The molecular formula is C18H27ClN2O. The average molecular weight is 323 g/mol. The number of rotatable bonds is 7. The number of nitrogens with one attached hydrogen (secondary N) is 1. The number of benzene rings is 1. The molecule has 1 fully saturated rings. The molecule has 1 aliphatic rings. The first-order chi connectivity index (χ1) is 10.4. The summed E-state index contributed by atoms with van der Waals surface area (Å²) in [7, 11) is 0. The second-order valence-corrected chi connectivity index (χ2v) is 5.93. The van der Waals surface area contributed by atoms with Gasteiger partial charge in [-0.2, -0.15) is 0 Å². The van der Waals surface area contributed by atoms with Crippen LogP contribution in [-0.2, 0) is 13.0 Å². The second kappa shape index (κ2) is 8.56. The molecule has 1 aliphatic heterocycles. The second-order valence-electron chi connectivity index (χ2n) is 5.93. The fraction of sp³-hybridized carbons (Fsp3) is 0.556. The molecule has 4 heteroatoms. The predicted octanol–water partition coefficient (Wildman–Crippen LogP) is 3.99. The molecule has 122 valence electrons. The molecule has 0 amide bonds. The third-order valence-electron chi connectivity index (χ3n) is 4.43. The van der Waals surface area contributed by atoms with Gasteiger partial charge in [-0.3, -0.25) is 0 Å². The van der Waals surface area contributed by atoms with Crippen LogP contribution in [0.1, 0.15) is 37.5 Å². The Morgan fingerprint density at radius 2 is 1.95 bits per heavy atom. The van der Waals surface area contributed by atoms with Gasteiger partial charge in [0, 0.05) is 23.9 Å². The minimum atomic E-state index is 0. The van der Waals surface area contributed by atoms with E-state index in [1.54, 1.807) is 0 Å². The van der Waals surface area contributed by atoms with E-state index in [1.165, 1.54) is 49.8 Å². The van der Waals surface area contributed by atoms with Crippen molar-refractivity contribution < 1.29 is 4.42 Å². The van der Waals surface area contributed by atoms with Gasteiger partial charge in [-0.15, -0.1) is 12.4 Å². The van der Waals surface area contributed by atoms with Crippen LogP contribution in [0.15, 0.2) is 28.7 Å². The molecule has 0 bridgehead atoms. The lowest BCUT2D eigenvalue weighted by molar-refractivity contribution is 0.331. The molecule has 3 nitrogen and oxygen atoms in total. The fourth-order valence-electron chi connectivity index (χ4n) is 3.28. The van der Waals surface area contributed by atoms with E-state index in [-0.39, 0.29) is 12.4 Å². The van der Waals surface area contributed by atoms with Crippen LogP contribution in [0.3, 0.4) is 0 Å². The maximum atomic E-state index is 5.94. The van der Waals surface area contributed by atoms with Crippen molar-refractivity contribution in [3.05, 3.63) is 35.6 Å². The summed E-state index contributed by atoms with van der Waals surface area (Å²) in [4.78, 5) is 2.58. The van der Waals surface area contributed by atoms with Crippen LogP contribution in [-0.4, -0.2) is 31.1 Å². The Morgan fingerprint density at radius 3 is 2.73 bits per heavy atom. The molecule has 0 spiro atoms. The fourth-order valence-corrected chi connectivity index (χ4v) is 3.28. The maximum absolute atomic E-state index is 5.94. The van der Waals surface area contributed by atoms with Crippen LogP contribution in [0, 0.1) is 0 Å². The zero-order chi connectivity index (χ0) is 14.5. The standard InChI is InChI=1S/C18H26N2O.ClH/c1-2-17-16(15-8-3-4-9-18(15)21-17)14-19-10-7-13-20-11-5-6-12-20;/h3-4,8-9,19H,2,5-7,10-14H2,1H3;1H. The van der Waals surface area contributed by atoms with Crippen LogP contribution in [0.4, 0.5) is 0 Å². The van der Waals surface area contributed by atoms with Crippen LogP contribution in [0.5, 0.6) is 0 Å². The van der Waals surface area contributed by atoms with Gasteiger partial charge in [0.2, 0.25) is 0 Å². The van der Waals surface area contributed by atoms with Gasteiger partial charge in [-0.1, -0.05) is 25.1 Å². The number of halogens is 1. The summed E-state index contributed by atoms with van der Waals surface area (Å²) < 4.78 is 5.94. The van der Waals surface area contributed by atoms with Gasteiger partial charge in [0.1, 0.15) is 11.3 Å². The number of likely N-dealkylation sites (tertiary alicyclic amines) is 1. The molecule has 22 heavy (non-hydrogen) atoms. The van der Waals surface area contributed by atoms with Crippen molar-refractivity contribution in [3.8, 4) is 0 Å². The van der Waals surface area contributed by atoms with Gasteiger partial charge in [0.15, 0.2) is 0 Å². The monoisotopic (exact) mass is 322 g/mol. The van der Waals surface area contributed by atoms with Crippen molar-refractivity contribution >= 4 is 23.4 Å². The molecule has 0 saturated carbocycles. The Balaban J connectivity index is 0.00000176. The average Bonchev–Trinajstić information content (AvgIpc) is 3.14. The minimum absolute atomic E-state index is 0. The largest absolute Gasteiger partial charge is 0.461 e. The van der Waals surface area contributed by atoms with Crippen LogP contribution < -0.4 is 5.32 Å². The van der Waals surface area contributed by atoms with E-state index in [0.29, 0.717) is 0 Å². The van der Waals surface area contributed by atoms with E-state index in [1.807, 2.05) is 6.07 Å². The Labute approximate surface area is 139 Å². The highest BCUT2D eigenvalue weighted by molar-refractivity contribution is 5.85. The van der Waals surface area contributed by atoms with Crippen molar-refractivity contribution in [1.82, 2.24) is 10.2 Å². The summed E-state index contributed by atoms with van der Waals surface area (Å²) in [5, 5.41) is 4.86. The van der Waals surface area contributed by atoms with Crippen LogP contribution in [0.25, 0.3) is 11.0 Å². The lowest BCUT2D eigenvalue weighted by atomic mass is 10.1. The maximum Gasteiger partial charge on any atom is 0.134 e. The SMILES string of the molecule is CCc1oc2ccccc2c1CNCCCN1CCCC1.Cl. The smallest absolute Gasteiger partial charge is 0.134 e. The molecule has 0 unspecified atom stereocenters. The first-order valence-corrected chi connectivity index (χ1v) is 8.31. The number of fused-ring (bicyclic) bond motifs is 1. The Kier molecular flexibility index (Phi) is 6.74. The van der Waals surface area contributed by atoms with Crippen molar-refractivity contribution in [2.24, 2.45) is 0 Å². The summed E-state index contributed by atoms with van der Waals surface area (Å²) in [6, 6.07) is 8.36. The molecule has 0 aliphatic carbocycles. The van der Waals surface area contributed by atoms with Crippen molar-refractivity contribution in [2.75, 3.05) is 26.2 Å². The van der Waals surface area contributed by atoms with Gasteiger partial charge < -0.3 is 14.6 Å². The van der Waals surface area contributed by atoms with Crippen LogP contribution in [0.2, 0.25) is 0 Å². The van der Waals surface area contributed by atoms with E-state index in [9.17, 15) is 0 Å². The lowest BCUT2D eigenvalue weighted by Crippen LogP contribution is -2.24. The summed E-state index contributed by atoms with van der Waals surface area (Å²) in [6.45, 7) is 7.99. The van der Waals surface area contributed by atoms with E-state index < -0.39 is 0 Å². The molecule has 1 aromatic carbocycles. The van der Waals surface area contributed by atoms with E-state index in [4.69, 9.17) is 4.42 Å². The zero-order valence-corrected chi connectivity index (χ0v) is 14.3. The molecule has 1 saturated heterocycles. The molecule has 0 atom stereocenters. The molecule has 0 radical (unpaired) electrons. The van der Waals surface area contributed by atoms with Gasteiger partial charge in [-0.25, -0.2) is 0 Å². The normalized spacial score (nSPS) is 15.3. The minimum Gasteiger partial charge on any atom is -0.461 e. The highest BCUT2D eigenvalue weighted by Gasteiger charge is 2.12. The summed E-state index contributed by atoms with van der Waals surface area (Å²) in [6.07, 6.45) is 4.96. The first-order valence-electron chi connectivity index (χ1n) is 8.31. The summed E-state index contributed by atoms with van der Waals surface area (Å²) in [5.74, 6) is 1.13. The molecular weight excluding hydrogens is 296 g/mol. The third-order valence-corrected chi connectivity index (χ3v) is 4.43. The van der Waals surface area contributed by atoms with Gasteiger partial charge in [-0.05, 0) is 51.5 Å². The lowest BCUT2D eigenvalue weighted by Gasteiger charge is -2.14. The number of hydrogen-bond acceptors (Lipinski definition) is 3. The van der Waals surface area contributed by atoms with E-state index >= 15 is 0 Å².